The first-order valence-corrected chi connectivity index (χ1v) is 4.07. The van der Waals surface area contributed by atoms with Gasteiger partial charge in [0.05, 0.1) is 6.54 Å². The Kier molecular flexibility index (Phi) is 3.46. The summed E-state index contributed by atoms with van der Waals surface area (Å²) >= 11 is 16.5. The van der Waals surface area contributed by atoms with E-state index in [4.69, 9.17) is 35.2 Å². The fraction of sp³-hybridized carbons (Fsp3) is 0.143. The van der Waals surface area contributed by atoms with Gasteiger partial charge in [-0.2, -0.15) is 0 Å². The minimum absolute atomic E-state index is 0.500. The minimum atomic E-state index is 0.500. The number of nitrogens with zero attached hydrogens (tertiary/aromatic N) is 1. The summed E-state index contributed by atoms with van der Waals surface area (Å²) in [5.41, 5.74) is 1.03. The zero-order valence-corrected chi connectivity index (χ0v) is 7.87. The van der Waals surface area contributed by atoms with Crippen LogP contribution in [0.1, 0.15) is 5.56 Å². The SMILES string of the molecule is Clc1ccc(CN(Cl)Cl)cc1. The Bertz CT molecular complexity index is 220. The molecule has 0 amide bonds. The summed E-state index contributed by atoms with van der Waals surface area (Å²) in [4.78, 5) is 0. The molecule has 0 saturated carbocycles. The van der Waals surface area contributed by atoms with Gasteiger partial charge in [-0.15, -0.1) is 3.94 Å². The molecule has 1 rings (SSSR count). The van der Waals surface area contributed by atoms with Crippen molar-refractivity contribution in [2.45, 2.75) is 6.54 Å². The molecule has 1 nitrogen and oxygen atoms in total. The molecular formula is C7H6Cl3N. The summed E-state index contributed by atoms with van der Waals surface area (Å²) in [7, 11) is 0. The average molecular weight is 210 g/mol. The monoisotopic (exact) mass is 209 g/mol. The predicted octanol–water partition coefficient (Wildman–Crippen LogP) is 3.45. The second-order valence-corrected chi connectivity index (χ2v) is 3.51. The first kappa shape index (κ1) is 9.14. The van der Waals surface area contributed by atoms with E-state index in [1.807, 2.05) is 12.1 Å². The molecule has 0 aliphatic heterocycles. The number of benzene rings is 1. The van der Waals surface area contributed by atoms with E-state index in [0.29, 0.717) is 11.6 Å². The summed E-state index contributed by atoms with van der Waals surface area (Å²) < 4.78 is 1.07. The maximum atomic E-state index is 5.67. The summed E-state index contributed by atoms with van der Waals surface area (Å²) in [6.07, 6.45) is 0. The van der Waals surface area contributed by atoms with E-state index in [0.717, 1.165) is 9.50 Å². The molecule has 4 heteroatoms. The number of hydrogen-bond acceptors (Lipinski definition) is 1. The zero-order chi connectivity index (χ0) is 8.27. The normalized spacial score (nSPS) is 10.5. The molecule has 0 unspecified atom stereocenters. The molecule has 0 spiro atoms. The van der Waals surface area contributed by atoms with Crippen LogP contribution >= 0.6 is 35.2 Å². The van der Waals surface area contributed by atoms with Gasteiger partial charge in [-0.25, -0.2) is 0 Å². The van der Waals surface area contributed by atoms with E-state index in [9.17, 15) is 0 Å². The molecule has 0 aliphatic rings. The highest BCUT2D eigenvalue weighted by Gasteiger charge is 1.97. The average Bonchev–Trinajstić information content (AvgIpc) is 1.93. The topological polar surface area (TPSA) is 3.24 Å². The van der Waals surface area contributed by atoms with Gasteiger partial charge in [0.15, 0.2) is 0 Å². The molecule has 0 N–H and O–H groups in total. The molecule has 11 heavy (non-hydrogen) atoms. The van der Waals surface area contributed by atoms with Crippen LogP contribution in [0.5, 0.6) is 0 Å². The minimum Gasteiger partial charge on any atom is -0.127 e. The lowest BCUT2D eigenvalue weighted by atomic mass is 10.2. The molecule has 0 bridgehead atoms. The molecule has 0 radical (unpaired) electrons. The van der Waals surface area contributed by atoms with Crippen LogP contribution in [-0.4, -0.2) is 3.94 Å². The summed E-state index contributed by atoms with van der Waals surface area (Å²) in [6, 6.07) is 7.35. The highest BCUT2D eigenvalue weighted by molar-refractivity contribution is 6.33. The first-order valence-electron chi connectivity index (χ1n) is 3.02. The van der Waals surface area contributed by atoms with E-state index in [-0.39, 0.29) is 0 Å². The smallest absolute Gasteiger partial charge is 0.0554 e. The molecule has 1 aromatic carbocycles. The van der Waals surface area contributed by atoms with Gasteiger partial charge in [0.25, 0.3) is 0 Å². The standard InChI is InChI=1S/C7H6Cl3N/c8-7-3-1-6(2-4-7)5-11(9)10/h1-4H,5H2. The van der Waals surface area contributed by atoms with Crippen molar-refractivity contribution in [1.29, 1.82) is 0 Å². The van der Waals surface area contributed by atoms with E-state index in [2.05, 4.69) is 0 Å². The van der Waals surface area contributed by atoms with E-state index in [1.54, 1.807) is 12.1 Å². The second kappa shape index (κ2) is 4.17. The van der Waals surface area contributed by atoms with E-state index in [1.165, 1.54) is 0 Å². The number of rotatable bonds is 2. The van der Waals surface area contributed by atoms with Crippen molar-refractivity contribution in [2.75, 3.05) is 0 Å². The van der Waals surface area contributed by atoms with Crippen molar-refractivity contribution >= 4 is 35.2 Å². The van der Waals surface area contributed by atoms with Crippen molar-refractivity contribution in [3.63, 3.8) is 0 Å². The molecule has 1 aromatic rings. The maximum absolute atomic E-state index is 5.67. The summed E-state index contributed by atoms with van der Waals surface area (Å²) in [6.45, 7) is 0.500. The van der Waals surface area contributed by atoms with Crippen molar-refractivity contribution in [2.24, 2.45) is 0 Å². The van der Waals surface area contributed by atoms with Gasteiger partial charge < -0.3 is 0 Å². The van der Waals surface area contributed by atoms with Crippen LogP contribution in [0.4, 0.5) is 0 Å². The lowest BCUT2D eigenvalue weighted by molar-refractivity contribution is 0.704. The third-order valence-electron chi connectivity index (χ3n) is 1.22. The van der Waals surface area contributed by atoms with Crippen LogP contribution in [-0.2, 0) is 6.54 Å². The van der Waals surface area contributed by atoms with Crippen molar-refractivity contribution < 1.29 is 0 Å². The van der Waals surface area contributed by atoms with Crippen molar-refractivity contribution in [3.8, 4) is 0 Å². The van der Waals surface area contributed by atoms with Crippen LogP contribution in [0.25, 0.3) is 0 Å². The van der Waals surface area contributed by atoms with Gasteiger partial charge in [0.2, 0.25) is 0 Å². The fourth-order valence-electron chi connectivity index (χ4n) is 0.728. The third kappa shape index (κ3) is 3.30. The Balaban J connectivity index is 2.66. The second-order valence-electron chi connectivity index (χ2n) is 2.09. The van der Waals surface area contributed by atoms with Gasteiger partial charge in [-0.05, 0) is 41.2 Å². The lowest BCUT2D eigenvalue weighted by Gasteiger charge is -2.02. The van der Waals surface area contributed by atoms with E-state index >= 15 is 0 Å². The Morgan fingerprint density at radius 2 is 1.64 bits per heavy atom. The quantitative estimate of drug-likeness (QED) is 0.676. The van der Waals surface area contributed by atoms with Crippen molar-refractivity contribution in [3.05, 3.63) is 34.9 Å². The van der Waals surface area contributed by atoms with Crippen LogP contribution in [0.15, 0.2) is 24.3 Å². The molecule has 0 aliphatic carbocycles. The Morgan fingerprint density at radius 1 is 1.09 bits per heavy atom. The number of halogens is 3. The van der Waals surface area contributed by atoms with Crippen LogP contribution < -0.4 is 0 Å². The van der Waals surface area contributed by atoms with Crippen LogP contribution in [0.3, 0.4) is 0 Å². The lowest BCUT2D eigenvalue weighted by Crippen LogP contribution is -1.96. The molecule has 0 heterocycles. The molecule has 0 aromatic heterocycles. The molecular weight excluding hydrogens is 204 g/mol. The Morgan fingerprint density at radius 3 is 2.09 bits per heavy atom. The zero-order valence-electron chi connectivity index (χ0n) is 5.60. The summed E-state index contributed by atoms with van der Waals surface area (Å²) in [5, 5.41) is 0.712. The number of hydrogen-bond donors (Lipinski definition) is 0. The van der Waals surface area contributed by atoms with Crippen molar-refractivity contribution in [1.82, 2.24) is 3.94 Å². The fourth-order valence-corrected chi connectivity index (χ4v) is 1.13. The van der Waals surface area contributed by atoms with Gasteiger partial charge in [-0.3, -0.25) is 0 Å². The van der Waals surface area contributed by atoms with Crippen LogP contribution in [0.2, 0.25) is 5.02 Å². The van der Waals surface area contributed by atoms with Gasteiger partial charge >= 0.3 is 0 Å². The first-order chi connectivity index (χ1) is 5.18. The largest absolute Gasteiger partial charge is 0.127 e. The highest BCUT2D eigenvalue weighted by atomic mass is 35.5. The highest BCUT2D eigenvalue weighted by Crippen LogP contribution is 2.13. The predicted molar refractivity (Wildman–Crippen MR) is 48.7 cm³/mol. The molecule has 0 atom stereocenters. The third-order valence-corrected chi connectivity index (χ3v) is 1.71. The van der Waals surface area contributed by atoms with Crippen LogP contribution in [0, 0.1) is 0 Å². The molecule has 0 saturated heterocycles. The maximum Gasteiger partial charge on any atom is 0.0554 e. The molecule has 60 valence electrons. The Labute approximate surface area is 80.7 Å². The van der Waals surface area contributed by atoms with Gasteiger partial charge in [-0.1, -0.05) is 23.7 Å². The molecule has 0 fully saturated rings. The summed E-state index contributed by atoms with van der Waals surface area (Å²) in [5.74, 6) is 0. The Hall–Kier alpha value is 0.0500. The van der Waals surface area contributed by atoms with Gasteiger partial charge in [0, 0.05) is 5.02 Å². The van der Waals surface area contributed by atoms with E-state index < -0.39 is 0 Å². The van der Waals surface area contributed by atoms with Gasteiger partial charge in [0.1, 0.15) is 0 Å².